The van der Waals surface area contributed by atoms with Crippen molar-refractivity contribution >= 4 is 0 Å². The van der Waals surface area contributed by atoms with E-state index in [9.17, 15) is 8.78 Å². The van der Waals surface area contributed by atoms with Crippen molar-refractivity contribution in [1.82, 2.24) is 15.1 Å². The number of alkyl halides is 2. The van der Waals surface area contributed by atoms with Gasteiger partial charge in [-0.1, -0.05) is 6.92 Å². The molecule has 0 spiro atoms. The highest BCUT2D eigenvalue weighted by atomic mass is 19.3. The largest absolute Gasteiger partial charge is 0.310 e. The average molecular weight is 203 g/mol. The minimum absolute atomic E-state index is 0.159. The van der Waals surface area contributed by atoms with Crippen LogP contribution in [-0.4, -0.2) is 22.8 Å². The molecular weight excluding hydrogens is 188 g/mol. The van der Waals surface area contributed by atoms with E-state index >= 15 is 0 Å². The van der Waals surface area contributed by atoms with Crippen molar-refractivity contribution < 1.29 is 8.78 Å². The van der Waals surface area contributed by atoms with Crippen LogP contribution in [-0.2, 0) is 6.54 Å². The van der Waals surface area contributed by atoms with E-state index in [1.165, 1.54) is 4.68 Å². The number of nitrogens with zero attached hydrogens (tertiary/aromatic N) is 2. The van der Waals surface area contributed by atoms with Crippen molar-refractivity contribution in [1.29, 1.82) is 0 Å². The Balaban J connectivity index is 2.58. The zero-order chi connectivity index (χ0) is 10.6. The van der Waals surface area contributed by atoms with Gasteiger partial charge in [0.05, 0.1) is 6.20 Å². The van der Waals surface area contributed by atoms with Crippen molar-refractivity contribution in [3.05, 3.63) is 18.0 Å². The molecule has 14 heavy (non-hydrogen) atoms. The second-order valence-electron chi connectivity index (χ2n) is 3.17. The van der Waals surface area contributed by atoms with Crippen LogP contribution in [0, 0.1) is 0 Å². The Morgan fingerprint density at radius 3 is 2.86 bits per heavy atom. The lowest BCUT2D eigenvalue weighted by atomic mass is 10.2. The summed E-state index contributed by atoms with van der Waals surface area (Å²) in [4.78, 5) is 0. The molecule has 5 heteroatoms. The Labute approximate surface area is 82.1 Å². The Morgan fingerprint density at radius 2 is 2.29 bits per heavy atom. The van der Waals surface area contributed by atoms with Gasteiger partial charge in [0.1, 0.15) is 6.54 Å². The van der Waals surface area contributed by atoms with Gasteiger partial charge in [-0.15, -0.1) is 0 Å². The van der Waals surface area contributed by atoms with E-state index in [-0.39, 0.29) is 12.6 Å². The van der Waals surface area contributed by atoms with Gasteiger partial charge < -0.3 is 5.32 Å². The molecule has 80 valence electrons. The lowest BCUT2D eigenvalue weighted by Crippen LogP contribution is -2.17. The van der Waals surface area contributed by atoms with E-state index in [4.69, 9.17) is 0 Å². The lowest BCUT2D eigenvalue weighted by Gasteiger charge is -2.08. The Kier molecular flexibility index (Phi) is 4.00. The van der Waals surface area contributed by atoms with Crippen LogP contribution in [0.1, 0.15) is 25.5 Å². The molecule has 3 nitrogen and oxygen atoms in total. The Hall–Kier alpha value is -0.970. The van der Waals surface area contributed by atoms with E-state index in [1.807, 2.05) is 13.8 Å². The molecule has 1 aromatic heterocycles. The molecule has 0 aromatic carbocycles. The summed E-state index contributed by atoms with van der Waals surface area (Å²) >= 11 is 0. The molecular formula is C9H15F2N3. The smallest absolute Gasteiger partial charge is 0.257 e. The molecule has 0 saturated carbocycles. The number of rotatable bonds is 5. The molecule has 1 unspecified atom stereocenters. The molecule has 1 heterocycles. The fraction of sp³-hybridized carbons (Fsp3) is 0.667. The standard InChI is InChI=1S/C9H15F2N3/c1-3-12-7(2)8-4-13-14(5-8)6-9(10)11/h4-5,7,9,12H,3,6H2,1-2H3. The number of halogens is 2. The fourth-order valence-corrected chi connectivity index (χ4v) is 1.27. The maximum Gasteiger partial charge on any atom is 0.257 e. The van der Waals surface area contributed by atoms with Crippen LogP contribution in [0.4, 0.5) is 8.78 Å². The first kappa shape index (κ1) is 11.1. The summed E-state index contributed by atoms with van der Waals surface area (Å²) in [6.45, 7) is 4.49. The first-order chi connectivity index (χ1) is 6.63. The predicted molar refractivity (Wildman–Crippen MR) is 50.3 cm³/mol. The van der Waals surface area contributed by atoms with E-state index in [2.05, 4.69) is 10.4 Å². The molecule has 1 N–H and O–H groups in total. The van der Waals surface area contributed by atoms with Gasteiger partial charge in [0.25, 0.3) is 6.43 Å². The third-order valence-electron chi connectivity index (χ3n) is 1.99. The highest BCUT2D eigenvalue weighted by Crippen LogP contribution is 2.11. The first-order valence-electron chi connectivity index (χ1n) is 4.67. The maximum atomic E-state index is 12.0. The minimum atomic E-state index is -2.35. The second kappa shape index (κ2) is 5.05. The molecule has 0 bridgehead atoms. The van der Waals surface area contributed by atoms with Crippen molar-refractivity contribution in [2.24, 2.45) is 0 Å². The topological polar surface area (TPSA) is 29.9 Å². The first-order valence-corrected chi connectivity index (χ1v) is 4.67. The van der Waals surface area contributed by atoms with Crippen molar-refractivity contribution in [2.45, 2.75) is 32.9 Å². The summed E-state index contributed by atoms with van der Waals surface area (Å²) in [6, 6.07) is 0.159. The van der Waals surface area contributed by atoms with Crippen molar-refractivity contribution in [3.8, 4) is 0 Å². The van der Waals surface area contributed by atoms with Crippen LogP contribution in [0.25, 0.3) is 0 Å². The number of hydrogen-bond acceptors (Lipinski definition) is 2. The highest BCUT2D eigenvalue weighted by molar-refractivity contribution is 5.08. The minimum Gasteiger partial charge on any atom is -0.310 e. The summed E-state index contributed by atoms with van der Waals surface area (Å²) in [5.41, 5.74) is 0.938. The molecule has 1 rings (SSSR count). The van der Waals surface area contributed by atoms with Crippen LogP contribution in [0.5, 0.6) is 0 Å². The molecule has 0 aliphatic rings. The van der Waals surface area contributed by atoms with Crippen LogP contribution < -0.4 is 5.32 Å². The Morgan fingerprint density at radius 1 is 1.57 bits per heavy atom. The predicted octanol–water partition coefficient (Wildman–Crippen LogP) is 1.82. The van der Waals surface area contributed by atoms with Gasteiger partial charge in [0, 0.05) is 17.8 Å². The van der Waals surface area contributed by atoms with Gasteiger partial charge in [-0.3, -0.25) is 4.68 Å². The van der Waals surface area contributed by atoms with Gasteiger partial charge in [-0.25, -0.2) is 8.78 Å². The number of aromatic nitrogens is 2. The molecule has 1 aromatic rings. The molecule has 1 atom stereocenters. The van der Waals surface area contributed by atoms with Crippen molar-refractivity contribution in [3.63, 3.8) is 0 Å². The molecule has 0 radical (unpaired) electrons. The van der Waals surface area contributed by atoms with E-state index in [0.717, 1.165) is 12.1 Å². The zero-order valence-corrected chi connectivity index (χ0v) is 8.37. The van der Waals surface area contributed by atoms with Gasteiger partial charge in [-0.05, 0) is 13.5 Å². The SMILES string of the molecule is CCNC(C)c1cnn(CC(F)F)c1. The number of hydrogen-bond donors (Lipinski definition) is 1. The van der Waals surface area contributed by atoms with Gasteiger partial charge in [0.2, 0.25) is 0 Å². The van der Waals surface area contributed by atoms with Gasteiger partial charge >= 0.3 is 0 Å². The van der Waals surface area contributed by atoms with Crippen LogP contribution in [0.3, 0.4) is 0 Å². The number of nitrogens with one attached hydrogen (secondary N) is 1. The molecule has 0 fully saturated rings. The Bertz CT molecular complexity index is 273. The summed E-state index contributed by atoms with van der Waals surface area (Å²) in [7, 11) is 0. The third-order valence-corrected chi connectivity index (χ3v) is 1.99. The van der Waals surface area contributed by atoms with E-state index < -0.39 is 6.43 Å². The third kappa shape index (κ3) is 3.06. The zero-order valence-electron chi connectivity index (χ0n) is 8.37. The molecule has 0 amide bonds. The normalized spacial score (nSPS) is 13.5. The second-order valence-corrected chi connectivity index (χ2v) is 3.17. The van der Waals surface area contributed by atoms with Crippen LogP contribution in [0.15, 0.2) is 12.4 Å². The monoisotopic (exact) mass is 203 g/mol. The average Bonchev–Trinajstić information content (AvgIpc) is 2.52. The van der Waals surface area contributed by atoms with E-state index in [1.54, 1.807) is 12.4 Å². The lowest BCUT2D eigenvalue weighted by molar-refractivity contribution is 0.122. The molecule has 0 aliphatic heterocycles. The summed E-state index contributed by atoms with van der Waals surface area (Å²) < 4.78 is 25.3. The highest BCUT2D eigenvalue weighted by Gasteiger charge is 2.09. The quantitative estimate of drug-likeness (QED) is 0.791. The van der Waals surface area contributed by atoms with Gasteiger partial charge in [0.15, 0.2) is 0 Å². The maximum absolute atomic E-state index is 12.0. The van der Waals surface area contributed by atoms with Crippen LogP contribution >= 0.6 is 0 Å². The molecule has 0 saturated heterocycles. The molecule has 0 aliphatic carbocycles. The van der Waals surface area contributed by atoms with Crippen LogP contribution in [0.2, 0.25) is 0 Å². The van der Waals surface area contributed by atoms with Crippen molar-refractivity contribution in [2.75, 3.05) is 6.54 Å². The van der Waals surface area contributed by atoms with Gasteiger partial charge in [-0.2, -0.15) is 5.10 Å². The van der Waals surface area contributed by atoms with E-state index in [0.29, 0.717) is 0 Å². The summed E-state index contributed by atoms with van der Waals surface area (Å²) in [5, 5.41) is 7.04. The fourth-order valence-electron chi connectivity index (χ4n) is 1.27. The summed E-state index contributed by atoms with van der Waals surface area (Å²) in [6.07, 6.45) is 0.923. The summed E-state index contributed by atoms with van der Waals surface area (Å²) in [5.74, 6) is 0.